The molecule has 5 heteroatoms. The highest BCUT2D eigenvalue weighted by Gasteiger charge is 2.37. The Labute approximate surface area is 69.9 Å². The molecule has 64 valence electrons. The highest BCUT2D eigenvalue weighted by atomic mass is 16.2. The van der Waals surface area contributed by atoms with E-state index in [0.717, 1.165) is 0 Å². The lowest BCUT2D eigenvalue weighted by molar-refractivity contribution is -0.128. The maximum atomic E-state index is 11.0. The van der Waals surface area contributed by atoms with Gasteiger partial charge in [-0.25, -0.2) is 0 Å². The van der Waals surface area contributed by atoms with Crippen molar-refractivity contribution < 1.29 is 9.59 Å². The Balaban J connectivity index is 2.23. The third-order valence-electron chi connectivity index (χ3n) is 1.57. The molecule has 0 aliphatic carbocycles. The van der Waals surface area contributed by atoms with Crippen molar-refractivity contribution in [3.8, 4) is 6.07 Å². The van der Waals surface area contributed by atoms with Gasteiger partial charge in [0.25, 0.3) is 0 Å². The maximum Gasteiger partial charge on any atom is 0.243 e. The number of rotatable bonds is 2. The van der Waals surface area contributed by atoms with Crippen LogP contribution in [-0.4, -0.2) is 35.8 Å². The number of amides is 2. The quantitative estimate of drug-likeness (QED) is 0.528. The van der Waals surface area contributed by atoms with Gasteiger partial charge >= 0.3 is 0 Å². The molecule has 0 bridgehead atoms. The van der Waals surface area contributed by atoms with Crippen LogP contribution in [0.1, 0.15) is 6.92 Å². The SMILES string of the molecule is CC(=O)NCC(=O)N1CC1C#N. The molecule has 0 aromatic rings. The van der Waals surface area contributed by atoms with Crippen LogP contribution in [0.15, 0.2) is 0 Å². The van der Waals surface area contributed by atoms with Gasteiger partial charge in [0.1, 0.15) is 6.04 Å². The average molecular weight is 167 g/mol. The van der Waals surface area contributed by atoms with E-state index in [9.17, 15) is 9.59 Å². The van der Waals surface area contributed by atoms with Gasteiger partial charge in [-0.2, -0.15) is 5.26 Å². The largest absolute Gasteiger partial charge is 0.347 e. The lowest BCUT2D eigenvalue weighted by atomic mass is 10.5. The number of nitrogens with zero attached hydrogens (tertiary/aromatic N) is 2. The second kappa shape index (κ2) is 3.22. The van der Waals surface area contributed by atoms with E-state index in [-0.39, 0.29) is 24.4 Å². The predicted octanol–water partition coefficient (Wildman–Crippen LogP) is -1.14. The summed E-state index contributed by atoms with van der Waals surface area (Å²) >= 11 is 0. The molecule has 0 saturated carbocycles. The van der Waals surface area contributed by atoms with E-state index < -0.39 is 0 Å². The van der Waals surface area contributed by atoms with Crippen LogP contribution in [0.5, 0.6) is 0 Å². The summed E-state index contributed by atoms with van der Waals surface area (Å²) in [5.41, 5.74) is 0. The van der Waals surface area contributed by atoms with Gasteiger partial charge in [0, 0.05) is 6.92 Å². The summed E-state index contributed by atoms with van der Waals surface area (Å²) < 4.78 is 0. The third-order valence-corrected chi connectivity index (χ3v) is 1.57. The highest BCUT2D eigenvalue weighted by Crippen LogP contribution is 2.14. The fourth-order valence-corrected chi connectivity index (χ4v) is 0.827. The summed E-state index contributed by atoms with van der Waals surface area (Å²) in [5, 5.41) is 10.7. The van der Waals surface area contributed by atoms with Crippen LogP contribution in [0.2, 0.25) is 0 Å². The van der Waals surface area contributed by atoms with Crippen LogP contribution < -0.4 is 5.32 Å². The van der Waals surface area contributed by atoms with Gasteiger partial charge in [-0.1, -0.05) is 0 Å². The van der Waals surface area contributed by atoms with Gasteiger partial charge in [0.15, 0.2) is 0 Å². The molecule has 12 heavy (non-hydrogen) atoms. The Bertz CT molecular complexity index is 256. The van der Waals surface area contributed by atoms with E-state index in [1.807, 2.05) is 6.07 Å². The Morgan fingerprint density at radius 1 is 1.75 bits per heavy atom. The normalized spacial score (nSPS) is 19.7. The monoisotopic (exact) mass is 167 g/mol. The molecule has 1 saturated heterocycles. The number of hydrogen-bond donors (Lipinski definition) is 1. The molecular formula is C7H9N3O2. The first-order valence-electron chi connectivity index (χ1n) is 3.58. The zero-order chi connectivity index (χ0) is 9.14. The summed E-state index contributed by atoms with van der Waals surface area (Å²) in [6.45, 7) is 1.83. The molecule has 1 rings (SSSR count). The van der Waals surface area contributed by atoms with Gasteiger partial charge < -0.3 is 10.2 Å². The fourth-order valence-electron chi connectivity index (χ4n) is 0.827. The zero-order valence-corrected chi connectivity index (χ0v) is 6.70. The zero-order valence-electron chi connectivity index (χ0n) is 6.70. The first-order chi connectivity index (χ1) is 5.65. The molecule has 5 nitrogen and oxygen atoms in total. The van der Waals surface area contributed by atoms with Crippen molar-refractivity contribution >= 4 is 11.8 Å². The van der Waals surface area contributed by atoms with E-state index in [1.165, 1.54) is 11.8 Å². The lowest BCUT2D eigenvalue weighted by Gasteiger charge is -2.01. The van der Waals surface area contributed by atoms with Crippen molar-refractivity contribution in [2.45, 2.75) is 13.0 Å². The molecule has 1 fully saturated rings. The molecule has 1 aliphatic rings. The van der Waals surface area contributed by atoms with Crippen LogP contribution >= 0.6 is 0 Å². The van der Waals surface area contributed by atoms with Crippen molar-refractivity contribution in [3.63, 3.8) is 0 Å². The molecule has 0 aromatic carbocycles. The number of carbonyl (C=O) groups is 2. The molecule has 1 unspecified atom stereocenters. The summed E-state index contributed by atoms with van der Waals surface area (Å²) in [5.74, 6) is -0.435. The second-order valence-electron chi connectivity index (χ2n) is 2.60. The van der Waals surface area contributed by atoms with E-state index in [1.54, 1.807) is 0 Å². The molecule has 1 heterocycles. The van der Waals surface area contributed by atoms with E-state index >= 15 is 0 Å². The van der Waals surface area contributed by atoms with Crippen molar-refractivity contribution in [1.29, 1.82) is 5.26 Å². The van der Waals surface area contributed by atoms with Gasteiger partial charge in [0.05, 0.1) is 19.2 Å². The standard InChI is InChI=1S/C7H9N3O2/c1-5(11)9-3-7(12)10-4-6(10)2-8/h6H,3-4H2,1H3,(H,9,11). The molecule has 0 aromatic heterocycles. The van der Waals surface area contributed by atoms with Crippen molar-refractivity contribution in [3.05, 3.63) is 0 Å². The number of carbonyl (C=O) groups excluding carboxylic acids is 2. The lowest BCUT2D eigenvalue weighted by Crippen LogP contribution is -2.31. The Kier molecular flexibility index (Phi) is 2.29. The van der Waals surface area contributed by atoms with Crippen LogP contribution in [0.4, 0.5) is 0 Å². The van der Waals surface area contributed by atoms with E-state index in [4.69, 9.17) is 5.26 Å². The van der Waals surface area contributed by atoms with E-state index in [0.29, 0.717) is 6.54 Å². The minimum Gasteiger partial charge on any atom is -0.347 e. The maximum absolute atomic E-state index is 11.0. The minimum absolute atomic E-state index is 0.00644. The summed E-state index contributed by atoms with van der Waals surface area (Å²) in [7, 11) is 0. The minimum atomic E-state index is -0.272. The van der Waals surface area contributed by atoms with Crippen LogP contribution in [0.25, 0.3) is 0 Å². The molecule has 1 atom stereocenters. The van der Waals surface area contributed by atoms with Crippen molar-refractivity contribution in [2.75, 3.05) is 13.1 Å². The van der Waals surface area contributed by atoms with Crippen molar-refractivity contribution in [1.82, 2.24) is 10.2 Å². The van der Waals surface area contributed by atoms with Gasteiger partial charge in [-0.05, 0) is 0 Å². The summed E-state index contributed by atoms with van der Waals surface area (Å²) in [6, 6.07) is 1.68. The van der Waals surface area contributed by atoms with Crippen molar-refractivity contribution in [2.24, 2.45) is 0 Å². The molecule has 1 aliphatic heterocycles. The van der Waals surface area contributed by atoms with E-state index in [2.05, 4.69) is 5.32 Å². The molecule has 1 N–H and O–H groups in total. The van der Waals surface area contributed by atoms with Crippen LogP contribution in [0, 0.1) is 11.3 Å². The first kappa shape index (κ1) is 8.53. The number of nitriles is 1. The van der Waals surface area contributed by atoms with Crippen LogP contribution in [0.3, 0.4) is 0 Å². The molecule has 2 amide bonds. The second-order valence-corrected chi connectivity index (χ2v) is 2.60. The summed E-state index contributed by atoms with van der Waals surface area (Å²) in [6.07, 6.45) is 0. The molecule has 0 spiro atoms. The molecular weight excluding hydrogens is 158 g/mol. The fraction of sp³-hybridized carbons (Fsp3) is 0.571. The Morgan fingerprint density at radius 2 is 2.42 bits per heavy atom. The van der Waals surface area contributed by atoms with Gasteiger partial charge in [-0.15, -0.1) is 0 Å². The molecule has 0 radical (unpaired) electrons. The number of nitrogens with one attached hydrogen (secondary N) is 1. The smallest absolute Gasteiger partial charge is 0.243 e. The van der Waals surface area contributed by atoms with Gasteiger partial charge in [0.2, 0.25) is 11.8 Å². The van der Waals surface area contributed by atoms with Gasteiger partial charge in [-0.3, -0.25) is 9.59 Å². The summed E-state index contributed by atoms with van der Waals surface area (Å²) in [4.78, 5) is 22.8. The Hall–Kier alpha value is -1.57. The van der Waals surface area contributed by atoms with Crippen LogP contribution in [-0.2, 0) is 9.59 Å². The Morgan fingerprint density at radius 3 is 2.83 bits per heavy atom. The number of hydrogen-bond acceptors (Lipinski definition) is 3. The average Bonchev–Trinajstić information content (AvgIpc) is 2.78. The first-order valence-corrected chi connectivity index (χ1v) is 3.58. The third kappa shape index (κ3) is 1.95. The highest BCUT2D eigenvalue weighted by molar-refractivity contribution is 5.85. The topological polar surface area (TPSA) is 73.0 Å². The predicted molar refractivity (Wildman–Crippen MR) is 39.8 cm³/mol.